The molecule has 0 saturated carbocycles. The molecule has 2 aromatic rings. The monoisotopic (exact) mass is 433 g/mol. The summed E-state index contributed by atoms with van der Waals surface area (Å²) in [6.45, 7) is 3.99. The van der Waals surface area contributed by atoms with Crippen molar-refractivity contribution >= 4 is 23.5 Å². The van der Waals surface area contributed by atoms with E-state index in [0.717, 1.165) is 28.3 Å². The number of hydrogen-bond acceptors (Lipinski definition) is 5. The van der Waals surface area contributed by atoms with Gasteiger partial charge in [-0.15, -0.1) is 11.8 Å². The van der Waals surface area contributed by atoms with E-state index in [0.29, 0.717) is 24.2 Å². The summed E-state index contributed by atoms with van der Waals surface area (Å²) in [4.78, 5) is 27.5. The predicted molar refractivity (Wildman–Crippen MR) is 124 cm³/mol. The molecule has 4 nitrogen and oxygen atoms in total. The van der Waals surface area contributed by atoms with E-state index in [2.05, 4.69) is 17.4 Å². The van der Waals surface area contributed by atoms with Gasteiger partial charge in [-0.1, -0.05) is 42.5 Å². The zero-order valence-electron chi connectivity index (χ0n) is 18.1. The van der Waals surface area contributed by atoms with Crippen LogP contribution in [0.4, 0.5) is 0 Å². The number of esters is 1. The maximum Gasteiger partial charge on any atom is 0.336 e. The Morgan fingerprint density at radius 2 is 1.77 bits per heavy atom. The van der Waals surface area contributed by atoms with Crippen LogP contribution in [0, 0.1) is 0 Å². The summed E-state index contributed by atoms with van der Waals surface area (Å²) in [5, 5.41) is 3.39. The molecule has 0 radical (unpaired) electrons. The van der Waals surface area contributed by atoms with Crippen LogP contribution in [0.15, 0.2) is 82.0 Å². The molecule has 2 aromatic carbocycles. The van der Waals surface area contributed by atoms with Gasteiger partial charge >= 0.3 is 5.97 Å². The summed E-state index contributed by atoms with van der Waals surface area (Å²) in [5.74, 6) is -0.543. The minimum absolute atomic E-state index is 0.0934. The topological polar surface area (TPSA) is 55.4 Å². The van der Waals surface area contributed by atoms with Crippen molar-refractivity contribution in [3.63, 3.8) is 0 Å². The van der Waals surface area contributed by atoms with Crippen LogP contribution in [0.2, 0.25) is 0 Å². The fraction of sp³-hybridized carbons (Fsp3) is 0.308. The molecule has 1 heterocycles. The number of thioether (sulfide) groups is 1. The molecule has 0 amide bonds. The van der Waals surface area contributed by atoms with Gasteiger partial charge in [0, 0.05) is 34.2 Å². The van der Waals surface area contributed by atoms with E-state index in [9.17, 15) is 9.59 Å². The Morgan fingerprint density at radius 3 is 2.42 bits per heavy atom. The number of Topliss-reactive ketones (excluding diaryl/α,β-unsaturated/α-hetero) is 1. The molecule has 0 fully saturated rings. The van der Waals surface area contributed by atoms with Crippen molar-refractivity contribution < 1.29 is 14.3 Å². The fourth-order valence-corrected chi connectivity index (χ4v) is 5.02. The molecule has 0 bridgehead atoms. The van der Waals surface area contributed by atoms with Gasteiger partial charge in [0.15, 0.2) is 5.78 Å². The molecule has 0 saturated heterocycles. The summed E-state index contributed by atoms with van der Waals surface area (Å²) < 4.78 is 5.38. The molecule has 0 unspecified atom stereocenters. The number of rotatable bonds is 5. The Morgan fingerprint density at radius 1 is 1.06 bits per heavy atom. The Bertz CT molecular complexity index is 1050. The first-order valence-corrected chi connectivity index (χ1v) is 11.9. The highest BCUT2D eigenvalue weighted by molar-refractivity contribution is 7.98. The lowest BCUT2D eigenvalue weighted by atomic mass is 9.72. The molecule has 160 valence electrons. The highest BCUT2D eigenvalue weighted by Gasteiger charge is 2.41. The normalized spacial score (nSPS) is 20.9. The van der Waals surface area contributed by atoms with Gasteiger partial charge in [-0.3, -0.25) is 4.79 Å². The summed E-state index contributed by atoms with van der Waals surface area (Å²) >= 11 is 1.67. The van der Waals surface area contributed by atoms with Gasteiger partial charge in [0.2, 0.25) is 0 Å². The summed E-state index contributed by atoms with van der Waals surface area (Å²) in [7, 11) is 0. The van der Waals surface area contributed by atoms with E-state index in [1.165, 1.54) is 5.56 Å². The second-order valence-electron chi connectivity index (χ2n) is 7.92. The third-order valence-electron chi connectivity index (χ3n) is 6.04. The molecule has 31 heavy (non-hydrogen) atoms. The van der Waals surface area contributed by atoms with E-state index in [4.69, 9.17) is 4.74 Å². The molecule has 4 rings (SSSR count). The number of carbonyl (C=O) groups excluding carboxylic acids is 2. The van der Waals surface area contributed by atoms with Crippen LogP contribution in [0.3, 0.4) is 0 Å². The number of allylic oxidation sites excluding steroid dienone is 3. The number of ketones is 1. The number of nitrogens with one attached hydrogen (secondary N) is 1. The van der Waals surface area contributed by atoms with Gasteiger partial charge in [0.05, 0.1) is 12.2 Å². The van der Waals surface area contributed by atoms with Crippen LogP contribution in [-0.4, -0.2) is 24.6 Å². The Kier molecular flexibility index (Phi) is 6.33. The van der Waals surface area contributed by atoms with Gasteiger partial charge in [-0.25, -0.2) is 4.79 Å². The first kappa shape index (κ1) is 21.4. The molecule has 0 spiro atoms. The summed E-state index contributed by atoms with van der Waals surface area (Å²) in [5.41, 5.74) is 5.04. The molecular weight excluding hydrogens is 406 g/mol. The first-order valence-electron chi connectivity index (χ1n) is 10.6. The lowest BCUT2D eigenvalue weighted by Crippen LogP contribution is -2.36. The Labute approximate surface area is 187 Å². The molecule has 0 aromatic heterocycles. The van der Waals surface area contributed by atoms with Gasteiger partial charge in [0.25, 0.3) is 0 Å². The SMILES string of the molecule is CCOC(=O)C1=C(C)NC2=C(C(=O)C[C@@H](c3ccccc3)C2)[C@H]1c1ccc(SC)cc1. The second kappa shape index (κ2) is 9.15. The van der Waals surface area contributed by atoms with Crippen molar-refractivity contribution in [1.29, 1.82) is 0 Å². The highest BCUT2D eigenvalue weighted by atomic mass is 32.2. The molecule has 1 aliphatic heterocycles. The van der Waals surface area contributed by atoms with Crippen molar-refractivity contribution in [2.24, 2.45) is 0 Å². The van der Waals surface area contributed by atoms with E-state index < -0.39 is 5.92 Å². The van der Waals surface area contributed by atoms with Crippen LogP contribution in [-0.2, 0) is 14.3 Å². The minimum atomic E-state index is -0.407. The molecule has 1 aliphatic carbocycles. The lowest BCUT2D eigenvalue weighted by molar-refractivity contribution is -0.138. The average molecular weight is 434 g/mol. The highest BCUT2D eigenvalue weighted by Crippen LogP contribution is 2.45. The fourth-order valence-electron chi connectivity index (χ4n) is 4.61. The number of carbonyl (C=O) groups is 2. The van der Waals surface area contributed by atoms with E-state index in [1.807, 2.05) is 55.6 Å². The van der Waals surface area contributed by atoms with Crippen molar-refractivity contribution in [2.75, 3.05) is 12.9 Å². The van der Waals surface area contributed by atoms with Gasteiger partial charge in [-0.2, -0.15) is 0 Å². The first-order chi connectivity index (χ1) is 15.0. The maximum atomic E-state index is 13.5. The van der Waals surface area contributed by atoms with Gasteiger partial charge in [-0.05, 0) is 55.7 Å². The van der Waals surface area contributed by atoms with Crippen LogP contribution in [0.25, 0.3) is 0 Å². The predicted octanol–water partition coefficient (Wildman–Crippen LogP) is 5.33. The number of benzene rings is 2. The standard InChI is InChI=1S/C26H27NO3S/c1-4-30-26(29)23-16(2)27-21-14-19(17-8-6-5-7-9-17)15-22(28)25(21)24(23)18-10-12-20(31-3)13-11-18/h5-13,19,24,27H,4,14-15H2,1-3H3/t19-,24-/m0/s1. The van der Waals surface area contributed by atoms with E-state index in [1.54, 1.807) is 18.7 Å². The van der Waals surface area contributed by atoms with Crippen molar-refractivity contribution in [2.45, 2.75) is 43.4 Å². The minimum Gasteiger partial charge on any atom is -0.463 e. The zero-order chi connectivity index (χ0) is 22.0. The van der Waals surface area contributed by atoms with Crippen LogP contribution < -0.4 is 5.32 Å². The third kappa shape index (κ3) is 4.19. The molecular formula is C26H27NO3S. The van der Waals surface area contributed by atoms with E-state index in [-0.39, 0.29) is 17.7 Å². The summed E-state index contributed by atoms with van der Waals surface area (Å²) in [6.07, 6.45) is 3.22. The van der Waals surface area contributed by atoms with Crippen molar-refractivity contribution in [1.82, 2.24) is 5.32 Å². The lowest BCUT2D eigenvalue weighted by Gasteiger charge is -2.36. The Balaban J connectivity index is 1.79. The van der Waals surface area contributed by atoms with Crippen molar-refractivity contribution in [3.8, 4) is 0 Å². The quantitative estimate of drug-likeness (QED) is 0.510. The van der Waals surface area contributed by atoms with Crippen LogP contribution >= 0.6 is 11.8 Å². The zero-order valence-corrected chi connectivity index (χ0v) is 18.9. The molecule has 2 atom stereocenters. The average Bonchev–Trinajstić information content (AvgIpc) is 2.78. The molecule has 5 heteroatoms. The van der Waals surface area contributed by atoms with Crippen LogP contribution in [0.1, 0.15) is 49.7 Å². The molecule has 1 N–H and O–H groups in total. The van der Waals surface area contributed by atoms with Gasteiger partial charge < -0.3 is 10.1 Å². The van der Waals surface area contributed by atoms with E-state index >= 15 is 0 Å². The number of ether oxygens (including phenoxy) is 1. The molecule has 2 aliphatic rings. The number of dihydropyridines is 1. The van der Waals surface area contributed by atoms with Crippen LogP contribution in [0.5, 0.6) is 0 Å². The second-order valence-corrected chi connectivity index (χ2v) is 8.80. The summed E-state index contributed by atoms with van der Waals surface area (Å²) in [6, 6.07) is 18.3. The third-order valence-corrected chi connectivity index (χ3v) is 6.79. The van der Waals surface area contributed by atoms with Crippen molar-refractivity contribution in [3.05, 3.63) is 88.3 Å². The van der Waals surface area contributed by atoms with Gasteiger partial charge in [0.1, 0.15) is 0 Å². The maximum absolute atomic E-state index is 13.5. The largest absolute Gasteiger partial charge is 0.463 e. The number of hydrogen-bond donors (Lipinski definition) is 1. The Hall–Kier alpha value is -2.79. The smallest absolute Gasteiger partial charge is 0.336 e.